The lowest BCUT2D eigenvalue weighted by molar-refractivity contribution is -0.376. The number of alkyl halides is 6. The fourth-order valence-electron chi connectivity index (χ4n) is 3.15. The average Bonchev–Trinajstić information content (AvgIpc) is 3.36. The minimum Gasteiger partial charge on any atom is -0.369 e. The van der Waals surface area contributed by atoms with E-state index in [1.165, 1.54) is 0 Å². The molecule has 0 unspecified atom stereocenters. The van der Waals surface area contributed by atoms with Crippen LogP contribution in [0.25, 0.3) is 21.6 Å². The molecule has 4 aromatic rings. The molecule has 0 spiro atoms. The number of hydrogen-bond donors (Lipinski definition) is 3. The smallest absolute Gasteiger partial charge is 0.369 e. The molecule has 0 radical (unpaired) electrons. The highest BCUT2D eigenvalue weighted by Gasteiger charge is 2.71. The number of carbonyl (C=O) groups excluding carboxylic acids is 1. The Balaban J connectivity index is 1.57. The molecule has 0 saturated carbocycles. The number of H-pyrrole nitrogens is 1. The Morgan fingerprint density at radius 1 is 1.00 bits per heavy atom. The molecule has 14 heteroatoms. The molecule has 0 aliphatic heterocycles. The molecule has 0 saturated heterocycles. The number of nitrogens with one attached hydrogen (secondary N) is 2. The second-order valence-corrected chi connectivity index (χ2v) is 8.16. The molecule has 3 aromatic heterocycles. The molecular formula is C20H13F6N5O2S. The monoisotopic (exact) mass is 501 g/mol. The van der Waals surface area contributed by atoms with Gasteiger partial charge in [0.15, 0.2) is 5.13 Å². The maximum Gasteiger partial charge on any atom is 0.430 e. The van der Waals surface area contributed by atoms with Gasteiger partial charge < -0.3 is 5.11 Å². The van der Waals surface area contributed by atoms with Crippen molar-refractivity contribution in [2.45, 2.75) is 24.9 Å². The molecule has 34 heavy (non-hydrogen) atoms. The van der Waals surface area contributed by atoms with Crippen LogP contribution in [-0.4, -0.2) is 43.5 Å². The van der Waals surface area contributed by atoms with Gasteiger partial charge in [0.1, 0.15) is 10.3 Å². The summed E-state index contributed by atoms with van der Waals surface area (Å²) in [5.74, 6) is -0.820. The largest absolute Gasteiger partial charge is 0.430 e. The Morgan fingerprint density at radius 2 is 1.65 bits per heavy atom. The van der Waals surface area contributed by atoms with Crippen molar-refractivity contribution in [2.24, 2.45) is 0 Å². The second kappa shape index (κ2) is 8.06. The number of aromatic nitrogens is 4. The summed E-state index contributed by atoms with van der Waals surface area (Å²) in [4.78, 5) is 21.6. The van der Waals surface area contributed by atoms with Crippen LogP contribution in [0.1, 0.15) is 21.6 Å². The van der Waals surface area contributed by atoms with Crippen LogP contribution in [0, 0.1) is 6.92 Å². The Kier molecular flexibility index (Phi) is 5.60. The third-order valence-electron chi connectivity index (χ3n) is 4.97. The summed E-state index contributed by atoms with van der Waals surface area (Å²) in [6.07, 6.45) is -10.4. The van der Waals surface area contributed by atoms with Crippen LogP contribution < -0.4 is 5.32 Å². The number of aliphatic hydroxyl groups is 1. The van der Waals surface area contributed by atoms with Crippen molar-refractivity contribution in [3.63, 3.8) is 0 Å². The minimum absolute atomic E-state index is 0.125. The van der Waals surface area contributed by atoms with Crippen LogP contribution in [-0.2, 0) is 5.60 Å². The Hall–Kier alpha value is -3.52. The SMILES string of the molecule is Cc1[nH]ncc1-c1ccc2nc(NC(=O)c3ccc(C(O)(C(F)(F)F)C(F)(F)F)cc3)sc2n1. The average molecular weight is 501 g/mol. The van der Waals surface area contributed by atoms with Crippen LogP contribution in [0.3, 0.4) is 0 Å². The van der Waals surface area contributed by atoms with E-state index >= 15 is 0 Å². The van der Waals surface area contributed by atoms with Gasteiger partial charge in [-0.2, -0.15) is 31.4 Å². The number of carbonyl (C=O) groups is 1. The summed E-state index contributed by atoms with van der Waals surface area (Å²) in [5.41, 5.74) is -4.10. The maximum atomic E-state index is 13.0. The minimum atomic E-state index is -6.02. The van der Waals surface area contributed by atoms with Gasteiger partial charge in [0.25, 0.3) is 11.5 Å². The molecule has 1 amide bonds. The van der Waals surface area contributed by atoms with E-state index in [4.69, 9.17) is 0 Å². The van der Waals surface area contributed by atoms with E-state index in [-0.39, 0.29) is 10.7 Å². The normalized spacial score (nSPS) is 12.8. The highest BCUT2D eigenvalue weighted by Crippen LogP contribution is 2.50. The van der Waals surface area contributed by atoms with E-state index in [0.29, 0.717) is 28.2 Å². The first-order valence-electron chi connectivity index (χ1n) is 9.37. The van der Waals surface area contributed by atoms with Gasteiger partial charge in [0.2, 0.25) is 0 Å². The van der Waals surface area contributed by atoms with Gasteiger partial charge in [-0.05, 0) is 31.2 Å². The molecule has 0 bridgehead atoms. The molecule has 0 aliphatic carbocycles. The number of benzene rings is 1. The van der Waals surface area contributed by atoms with Gasteiger partial charge in [-0.3, -0.25) is 15.2 Å². The first-order valence-corrected chi connectivity index (χ1v) is 10.2. The Labute approximate surface area is 190 Å². The summed E-state index contributed by atoms with van der Waals surface area (Å²) in [6, 6.07) is 5.69. The first kappa shape index (κ1) is 23.6. The van der Waals surface area contributed by atoms with Crippen LogP contribution in [0.5, 0.6) is 0 Å². The van der Waals surface area contributed by atoms with E-state index < -0.39 is 29.4 Å². The van der Waals surface area contributed by atoms with Crippen molar-refractivity contribution in [2.75, 3.05) is 5.32 Å². The summed E-state index contributed by atoms with van der Waals surface area (Å²) >= 11 is 1.03. The number of halogens is 6. The number of hydrogen-bond acceptors (Lipinski definition) is 6. The van der Waals surface area contributed by atoms with Crippen LogP contribution in [0.15, 0.2) is 42.6 Å². The topological polar surface area (TPSA) is 104 Å². The third kappa shape index (κ3) is 3.98. The fourth-order valence-corrected chi connectivity index (χ4v) is 3.98. The molecular weight excluding hydrogens is 488 g/mol. The number of aromatic amines is 1. The van der Waals surface area contributed by atoms with Crippen molar-refractivity contribution in [3.05, 3.63) is 59.4 Å². The molecule has 4 rings (SSSR count). The predicted octanol–water partition coefficient (Wildman–Crippen LogP) is 4.95. The van der Waals surface area contributed by atoms with Gasteiger partial charge in [-0.1, -0.05) is 23.5 Å². The van der Waals surface area contributed by atoms with E-state index in [1.807, 2.05) is 6.92 Å². The van der Waals surface area contributed by atoms with Crippen LogP contribution in [0.4, 0.5) is 31.5 Å². The zero-order valence-corrected chi connectivity index (χ0v) is 17.7. The molecule has 3 heterocycles. The number of rotatable bonds is 4. The van der Waals surface area contributed by atoms with Crippen molar-refractivity contribution in [1.82, 2.24) is 20.2 Å². The van der Waals surface area contributed by atoms with E-state index in [2.05, 4.69) is 25.5 Å². The molecule has 0 atom stereocenters. The molecule has 0 aliphatic rings. The van der Waals surface area contributed by atoms with Crippen molar-refractivity contribution >= 4 is 32.7 Å². The fraction of sp³-hybridized carbons (Fsp3) is 0.200. The summed E-state index contributed by atoms with van der Waals surface area (Å²) in [7, 11) is 0. The zero-order valence-electron chi connectivity index (χ0n) is 16.9. The number of nitrogens with zero attached hydrogens (tertiary/aromatic N) is 3. The molecule has 1 aromatic carbocycles. The van der Waals surface area contributed by atoms with Gasteiger partial charge in [-0.25, -0.2) is 9.97 Å². The summed E-state index contributed by atoms with van der Waals surface area (Å²) in [5, 5.41) is 18.7. The standard InChI is InChI=1S/C20H13F6N5O2S/c1-9-12(8-27-31-9)13-6-7-14-16(28-13)34-17(29-14)30-15(32)10-2-4-11(5-3-10)18(33,19(21,22)23)20(24,25)26/h2-8,33H,1H3,(H,27,31)(H,29,30,32). The maximum absolute atomic E-state index is 13.0. The van der Waals surface area contributed by atoms with E-state index in [0.717, 1.165) is 34.7 Å². The second-order valence-electron chi connectivity index (χ2n) is 7.19. The lowest BCUT2D eigenvalue weighted by Gasteiger charge is -2.32. The van der Waals surface area contributed by atoms with E-state index in [1.54, 1.807) is 18.3 Å². The lowest BCUT2D eigenvalue weighted by Crippen LogP contribution is -2.53. The summed E-state index contributed by atoms with van der Waals surface area (Å²) < 4.78 is 78.0. The van der Waals surface area contributed by atoms with Gasteiger partial charge >= 0.3 is 12.4 Å². The van der Waals surface area contributed by atoms with Gasteiger partial charge in [-0.15, -0.1) is 0 Å². The summed E-state index contributed by atoms with van der Waals surface area (Å²) in [6.45, 7) is 1.82. The molecule has 3 N–H and O–H groups in total. The van der Waals surface area contributed by atoms with Gasteiger partial charge in [0.05, 0.1) is 11.9 Å². The van der Waals surface area contributed by atoms with E-state index in [9.17, 15) is 36.2 Å². The number of fused-ring (bicyclic) bond motifs is 1. The van der Waals surface area contributed by atoms with Crippen molar-refractivity contribution in [3.8, 4) is 11.3 Å². The molecule has 0 fully saturated rings. The number of pyridine rings is 1. The third-order valence-corrected chi connectivity index (χ3v) is 5.85. The van der Waals surface area contributed by atoms with Gasteiger partial charge in [0, 0.05) is 22.4 Å². The van der Waals surface area contributed by atoms with Crippen molar-refractivity contribution in [1.29, 1.82) is 0 Å². The highest BCUT2D eigenvalue weighted by molar-refractivity contribution is 7.22. The predicted molar refractivity (Wildman–Crippen MR) is 110 cm³/mol. The quantitative estimate of drug-likeness (QED) is 0.343. The Bertz CT molecular complexity index is 1350. The number of amides is 1. The lowest BCUT2D eigenvalue weighted by atomic mass is 9.91. The van der Waals surface area contributed by atoms with Crippen LogP contribution >= 0.6 is 11.3 Å². The number of thiazole rings is 1. The highest BCUT2D eigenvalue weighted by atomic mass is 32.1. The first-order chi connectivity index (χ1) is 15.8. The van der Waals surface area contributed by atoms with Crippen molar-refractivity contribution < 1.29 is 36.2 Å². The van der Waals surface area contributed by atoms with Crippen LogP contribution in [0.2, 0.25) is 0 Å². The Morgan fingerprint density at radius 3 is 2.21 bits per heavy atom. The number of anilines is 1. The zero-order chi connectivity index (χ0) is 24.9. The molecule has 7 nitrogen and oxygen atoms in total. The molecule has 178 valence electrons. The number of aryl methyl sites for hydroxylation is 1.